The summed E-state index contributed by atoms with van der Waals surface area (Å²) in [5.41, 5.74) is 0.664. The van der Waals surface area contributed by atoms with E-state index in [0.29, 0.717) is 23.4 Å². The number of benzene rings is 1. The fourth-order valence-corrected chi connectivity index (χ4v) is 3.84. The van der Waals surface area contributed by atoms with Gasteiger partial charge in [0.1, 0.15) is 5.92 Å². The molecule has 1 aromatic rings. The second kappa shape index (κ2) is 4.85. The van der Waals surface area contributed by atoms with Crippen molar-refractivity contribution < 1.29 is 14.3 Å². The third kappa shape index (κ3) is 2.01. The van der Waals surface area contributed by atoms with Gasteiger partial charge in [0.05, 0.1) is 5.02 Å². The van der Waals surface area contributed by atoms with Gasteiger partial charge in [-0.05, 0) is 71.8 Å². The van der Waals surface area contributed by atoms with Crippen molar-refractivity contribution in [1.29, 1.82) is 0 Å². The summed E-state index contributed by atoms with van der Waals surface area (Å²) in [7, 11) is 0. The van der Waals surface area contributed by atoms with Crippen LogP contribution >= 0.6 is 27.5 Å². The molecular weight excluding hydrogens is 344 g/mol. The molecule has 1 unspecified atom stereocenters. The van der Waals surface area contributed by atoms with Gasteiger partial charge in [0.2, 0.25) is 0 Å². The molecule has 3 rings (SSSR count). The first-order valence-corrected chi connectivity index (χ1v) is 7.84. The molecule has 1 aliphatic carbocycles. The van der Waals surface area contributed by atoms with Crippen molar-refractivity contribution in [3.8, 4) is 0 Å². The molecular formula is C15H14BrClO3. The first-order chi connectivity index (χ1) is 9.44. The maximum Gasteiger partial charge on any atom is 0.322 e. The predicted molar refractivity (Wildman–Crippen MR) is 78.9 cm³/mol. The Kier molecular flexibility index (Phi) is 3.41. The molecule has 0 aromatic heterocycles. The summed E-state index contributed by atoms with van der Waals surface area (Å²) in [5, 5.41) is 0.499. The summed E-state index contributed by atoms with van der Waals surface area (Å²) in [6.45, 7) is 1.87. The maximum absolute atomic E-state index is 12.7. The SMILES string of the molecule is Cc1cc(Br)c(Cl)cc1C1C(=O)OC2(CCCC2)C1=O. The molecule has 2 aliphatic rings. The number of aryl methyl sites for hydroxylation is 1. The number of Topliss-reactive ketones (excluding diaryl/α,β-unsaturated/α-hetero) is 1. The Balaban J connectivity index is 2.04. The Bertz CT molecular complexity index is 605. The minimum atomic E-state index is -0.867. The molecule has 1 aliphatic heterocycles. The van der Waals surface area contributed by atoms with Crippen LogP contribution in [0.5, 0.6) is 0 Å². The molecule has 2 fully saturated rings. The van der Waals surface area contributed by atoms with E-state index in [1.165, 1.54) is 0 Å². The lowest BCUT2D eigenvalue weighted by Gasteiger charge is -2.19. The zero-order valence-corrected chi connectivity index (χ0v) is 13.4. The molecule has 3 nitrogen and oxygen atoms in total. The highest BCUT2D eigenvalue weighted by Crippen LogP contribution is 2.45. The second-order valence-corrected chi connectivity index (χ2v) is 6.80. The molecule has 1 spiro atoms. The third-order valence-corrected chi connectivity index (χ3v) is 5.47. The van der Waals surface area contributed by atoms with Gasteiger partial charge >= 0.3 is 5.97 Å². The molecule has 0 N–H and O–H groups in total. The normalized spacial score (nSPS) is 24.4. The van der Waals surface area contributed by atoms with E-state index < -0.39 is 17.5 Å². The molecule has 0 radical (unpaired) electrons. The van der Waals surface area contributed by atoms with Crippen LogP contribution in [-0.4, -0.2) is 17.4 Å². The summed E-state index contributed by atoms with van der Waals surface area (Å²) in [6.07, 6.45) is 3.17. The number of ketones is 1. The predicted octanol–water partition coefficient (Wildman–Crippen LogP) is 3.93. The van der Waals surface area contributed by atoms with Crippen LogP contribution in [-0.2, 0) is 14.3 Å². The molecule has 1 aromatic carbocycles. The third-order valence-electron chi connectivity index (χ3n) is 4.27. The topological polar surface area (TPSA) is 43.4 Å². The first-order valence-electron chi connectivity index (χ1n) is 6.67. The van der Waals surface area contributed by atoms with Crippen LogP contribution in [0, 0.1) is 6.92 Å². The maximum atomic E-state index is 12.7. The molecule has 1 atom stereocenters. The highest BCUT2D eigenvalue weighted by atomic mass is 79.9. The number of carbonyl (C=O) groups excluding carboxylic acids is 2. The zero-order valence-electron chi connectivity index (χ0n) is 11.0. The van der Waals surface area contributed by atoms with Crippen LogP contribution in [0.1, 0.15) is 42.7 Å². The number of halogens is 2. The fourth-order valence-electron chi connectivity index (χ4n) is 3.21. The van der Waals surface area contributed by atoms with E-state index in [-0.39, 0.29) is 5.78 Å². The van der Waals surface area contributed by atoms with Gasteiger partial charge in [-0.15, -0.1) is 0 Å². The highest BCUT2D eigenvalue weighted by molar-refractivity contribution is 9.10. The van der Waals surface area contributed by atoms with Gasteiger partial charge in [0.25, 0.3) is 0 Å². The highest BCUT2D eigenvalue weighted by Gasteiger charge is 2.56. The largest absolute Gasteiger partial charge is 0.450 e. The fraction of sp³-hybridized carbons (Fsp3) is 0.467. The van der Waals surface area contributed by atoms with Crippen molar-refractivity contribution in [2.75, 3.05) is 0 Å². The average Bonchev–Trinajstić information content (AvgIpc) is 2.93. The van der Waals surface area contributed by atoms with Gasteiger partial charge in [-0.1, -0.05) is 11.6 Å². The van der Waals surface area contributed by atoms with Crippen LogP contribution < -0.4 is 0 Å². The first kappa shape index (κ1) is 14.1. The van der Waals surface area contributed by atoms with E-state index in [2.05, 4.69) is 15.9 Å². The number of carbonyl (C=O) groups is 2. The monoisotopic (exact) mass is 356 g/mol. The van der Waals surface area contributed by atoms with Crippen LogP contribution in [0.4, 0.5) is 0 Å². The van der Waals surface area contributed by atoms with Crippen LogP contribution in [0.2, 0.25) is 5.02 Å². The van der Waals surface area contributed by atoms with Crippen molar-refractivity contribution in [3.63, 3.8) is 0 Å². The Morgan fingerprint density at radius 2 is 1.95 bits per heavy atom. The van der Waals surface area contributed by atoms with Gasteiger partial charge in [0.15, 0.2) is 11.4 Å². The Hall–Kier alpha value is -0.870. The van der Waals surface area contributed by atoms with Crippen molar-refractivity contribution in [1.82, 2.24) is 0 Å². The lowest BCUT2D eigenvalue weighted by molar-refractivity contribution is -0.151. The van der Waals surface area contributed by atoms with Crippen molar-refractivity contribution >= 4 is 39.3 Å². The molecule has 1 saturated heterocycles. The molecule has 0 amide bonds. The lowest BCUT2D eigenvalue weighted by Crippen LogP contribution is -2.33. The van der Waals surface area contributed by atoms with Gasteiger partial charge in [-0.25, -0.2) is 0 Å². The Labute approximate surface area is 130 Å². The van der Waals surface area contributed by atoms with Gasteiger partial charge < -0.3 is 4.74 Å². The van der Waals surface area contributed by atoms with Gasteiger partial charge in [0, 0.05) is 4.47 Å². The van der Waals surface area contributed by atoms with E-state index in [9.17, 15) is 9.59 Å². The second-order valence-electron chi connectivity index (χ2n) is 5.54. The summed E-state index contributed by atoms with van der Waals surface area (Å²) < 4.78 is 6.23. The Morgan fingerprint density at radius 3 is 2.60 bits per heavy atom. The minimum Gasteiger partial charge on any atom is -0.450 e. The number of hydrogen-bond acceptors (Lipinski definition) is 3. The number of ether oxygens (including phenoxy) is 1. The van der Waals surface area contributed by atoms with E-state index in [4.69, 9.17) is 16.3 Å². The minimum absolute atomic E-state index is 0.0958. The number of hydrogen-bond donors (Lipinski definition) is 0. The number of esters is 1. The van der Waals surface area contributed by atoms with Gasteiger partial charge in [-0.3, -0.25) is 9.59 Å². The van der Waals surface area contributed by atoms with E-state index in [1.807, 2.05) is 13.0 Å². The van der Waals surface area contributed by atoms with Gasteiger partial charge in [-0.2, -0.15) is 0 Å². The molecule has 106 valence electrons. The van der Waals surface area contributed by atoms with Crippen molar-refractivity contribution in [2.24, 2.45) is 0 Å². The molecule has 1 saturated carbocycles. The van der Waals surface area contributed by atoms with Crippen molar-refractivity contribution in [3.05, 3.63) is 32.8 Å². The zero-order chi connectivity index (χ0) is 14.5. The van der Waals surface area contributed by atoms with Crippen LogP contribution in [0.3, 0.4) is 0 Å². The van der Waals surface area contributed by atoms with Crippen LogP contribution in [0.25, 0.3) is 0 Å². The van der Waals surface area contributed by atoms with Crippen molar-refractivity contribution in [2.45, 2.75) is 44.1 Å². The van der Waals surface area contributed by atoms with E-state index >= 15 is 0 Å². The quantitative estimate of drug-likeness (QED) is 0.565. The lowest BCUT2D eigenvalue weighted by atomic mass is 9.85. The summed E-state index contributed by atoms with van der Waals surface area (Å²) >= 11 is 9.45. The molecule has 1 heterocycles. The molecule has 5 heteroatoms. The summed E-state index contributed by atoms with van der Waals surface area (Å²) in [4.78, 5) is 24.9. The van der Waals surface area contributed by atoms with E-state index in [1.54, 1.807) is 6.07 Å². The molecule has 0 bridgehead atoms. The summed E-state index contributed by atoms with van der Waals surface area (Å²) in [6, 6.07) is 3.52. The van der Waals surface area contributed by atoms with E-state index in [0.717, 1.165) is 22.9 Å². The smallest absolute Gasteiger partial charge is 0.322 e. The number of rotatable bonds is 1. The molecule has 20 heavy (non-hydrogen) atoms. The van der Waals surface area contributed by atoms with Crippen LogP contribution in [0.15, 0.2) is 16.6 Å². The standard InChI is InChI=1S/C15H14BrClO3/c1-8-6-10(16)11(17)7-9(8)12-13(18)15(20-14(12)19)4-2-3-5-15/h6-7,12H,2-5H2,1H3. The Morgan fingerprint density at radius 1 is 1.30 bits per heavy atom. The summed E-state index contributed by atoms with van der Waals surface area (Å²) in [5.74, 6) is -1.35. The average molecular weight is 358 g/mol.